The van der Waals surface area contributed by atoms with Crippen molar-refractivity contribution in [3.63, 3.8) is 0 Å². The highest BCUT2D eigenvalue weighted by molar-refractivity contribution is 5.87. The SMILES string of the molecule is CCOC(=O)Cc1nc2c(N3CCOCC3)nc(-c3cccc(-c4ccn(C)n4)c3)nc2n1CC. The number of ether oxygens (including phenoxy) is 2. The lowest BCUT2D eigenvalue weighted by atomic mass is 10.1. The van der Waals surface area contributed by atoms with E-state index >= 15 is 0 Å². The molecule has 1 aliphatic rings. The Balaban J connectivity index is 1.65. The van der Waals surface area contributed by atoms with Gasteiger partial charge in [-0.1, -0.05) is 18.2 Å². The van der Waals surface area contributed by atoms with Crippen LogP contribution in [0.3, 0.4) is 0 Å². The molecule has 0 bridgehead atoms. The van der Waals surface area contributed by atoms with Crippen molar-refractivity contribution in [2.75, 3.05) is 37.8 Å². The van der Waals surface area contributed by atoms with Crippen molar-refractivity contribution >= 4 is 23.0 Å². The molecule has 0 atom stereocenters. The molecule has 10 nitrogen and oxygen atoms in total. The Labute approximate surface area is 203 Å². The van der Waals surface area contributed by atoms with Crippen molar-refractivity contribution in [3.05, 3.63) is 42.4 Å². The van der Waals surface area contributed by atoms with Crippen molar-refractivity contribution < 1.29 is 14.3 Å². The number of imidazole rings is 1. The quantitative estimate of drug-likeness (QED) is 0.376. The lowest BCUT2D eigenvalue weighted by Gasteiger charge is -2.28. The molecule has 1 aromatic carbocycles. The largest absolute Gasteiger partial charge is 0.466 e. The van der Waals surface area contributed by atoms with Gasteiger partial charge in [-0.15, -0.1) is 0 Å². The van der Waals surface area contributed by atoms with Crippen LogP contribution in [0.2, 0.25) is 0 Å². The molecule has 3 aromatic heterocycles. The fourth-order valence-corrected chi connectivity index (χ4v) is 4.35. The molecule has 0 unspecified atom stereocenters. The summed E-state index contributed by atoms with van der Waals surface area (Å²) < 4.78 is 14.5. The van der Waals surface area contributed by atoms with Gasteiger partial charge in [0.2, 0.25) is 0 Å². The number of aryl methyl sites for hydroxylation is 2. The van der Waals surface area contributed by atoms with E-state index in [9.17, 15) is 4.79 Å². The van der Waals surface area contributed by atoms with E-state index in [1.54, 1.807) is 11.6 Å². The fourth-order valence-electron chi connectivity index (χ4n) is 4.35. The lowest BCUT2D eigenvalue weighted by Crippen LogP contribution is -2.37. The first kappa shape index (κ1) is 23.0. The first-order valence-corrected chi connectivity index (χ1v) is 11.9. The third kappa shape index (κ3) is 4.61. The smallest absolute Gasteiger partial charge is 0.313 e. The Bertz CT molecular complexity index is 1350. The van der Waals surface area contributed by atoms with E-state index in [0.717, 1.165) is 22.6 Å². The summed E-state index contributed by atoms with van der Waals surface area (Å²) in [7, 11) is 1.90. The summed E-state index contributed by atoms with van der Waals surface area (Å²) in [4.78, 5) is 29.2. The highest BCUT2D eigenvalue weighted by Gasteiger charge is 2.24. The van der Waals surface area contributed by atoms with Crippen LogP contribution in [0.25, 0.3) is 33.8 Å². The second-order valence-corrected chi connectivity index (χ2v) is 8.35. The second-order valence-electron chi connectivity index (χ2n) is 8.35. The average molecular weight is 476 g/mol. The van der Waals surface area contributed by atoms with Gasteiger partial charge in [-0.3, -0.25) is 9.48 Å². The van der Waals surface area contributed by atoms with Gasteiger partial charge < -0.3 is 18.9 Å². The van der Waals surface area contributed by atoms with Gasteiger partial charge in [-0.05, 0) is 26.0 Å². The van der Waals surface area contributed by atoms with Crippen molar-refractivity contribution in [2.45, 2.75) is 26.8 Å². The van der Waals surface area contributed by atoms with Crippen molar-refractivity contribution in [2.24, 2.45) is 7.05 Å². The number of rotatable bonds is 7. The van der Waals surface area contributed by atoms with Crippen LogP contribution in [0, 0.1) is 0 Å². The van der Waals surface area contributed by atoms with Crippen LogP contribution in [0.1, 0.15) is 19.7 Å². The number of carbonyl (C=O) groups is 1. The predicted molar refractivity (Wildman–Crippen MR) is 132 cm³/mol. The molecule has 0 spiro atoms. The number of esters is 1. The van der Waals surface area contributed by atoms with Crippen LogP contribution in [0.15, 0.2) is 36.5 Å². The van der Waals surface area contributed by atoms with Crippen LogP contribution in [-0.2, 0) is 34.3 Å². The van der Waals surface area contributed by atoms with Gasteiger partial charge in [-0.2, -0.15) is 5.10 Å². The summed E-state index contributed by atoms with van der Waals surface area (Å²) in [5.41, 5.74) is 4.17. The zero-order valence-corrected chi connectivity index (χ0v) is 20.3. The fraction of sp³-hybridized carbons (Fsp3) is 0.400. The minimum Gasteiger partial charge on any atom is -0.466 e. The maximum Gasteiger partial charge on any atom is 0.313 e. The normalized spacial score (nSPS) is 14.0. The Morgan fingerprint density at radius 2 is 1.89 bits per heavy atom. The van der Waals surface area contributed by atoms with E-state index in [-0.39, 0.29) is 12.4 Å². The molecule has 35 heavy (non-hydrogen) atoms. The van der Waals surface area contributed by atoms with Crippen molar-refractivity contribution in [1.29, 1.82) is 0 Å². The van der Waals surface area contributed by atoms with Crippen LogP contribution >= 0.6 is 0 Å². The molecular formula is C25H29N7O3. The minimum absolute atomic E-state index is 0.0884. The summed E-state index contributed by atoms with van der Waals surface area (Å²) in [5, 5.41) is 4.53. The first-order valence-electron chi connectivity index (χ1n) is 11.9. The molecule has 0 saturated carbocycles. The van der Waals surface area contributed by atoms with Crippen molar-refractivity contribution in [1.82, 2.24) is 29.3 Å². The third-order valence-corrected chi connectivity index (χ3v) is 6.02. The highest BCUT2D eigenvalue weighted by atomic mass is 16.5. The third-order valence-electron chi connectivity index (χ3n) is 6.02. The molecule has 10 heteroatoms. The summed E-state index contributed by atoms with van der Waals surface area (Å²) in [6.45, 7) is 7.46. The molecule has 4 aromatic rings. The van der Waals surface area contributed by atoms with Crippen LogP contribution < -0.4 is 4.90 Å². The van der Waals surface area contributed by atoms with E-state index in [4.69, 9.17) is 24.4 Å². The van der Waals surface area contributed by atoms with Gasteiger partial charge in [0.05, 0.1) is 25.5 Å². The monoisotopic (exact) mass is 475 g/mol. The summed E-state index contributed by atoms with van der Waals surface area (Å²) in [5.74, 6) is 1.69. The molecule has 1 saturated heterocycles. The maximum atomic E-state index is 12.3. The zero-order valence-electron chi connectivity index (χ0n) is 20.3. The van der Waals surface area contributed by atoms with E-state index in [1.165, 1.54) is 0 Å². The number of nitrogens with zero attached hydrogens (tertiary/aromatic N) is 7. The van der Waals surface area contributed by atoms with Gasteiger partial charge in [0.1, 0.15) is 12.2 Å². The number of benzene rings is 1. The number of aromatic nitrogens is 6. The molecule has 0 N–H and O–H groups in total. The molecule has 0 radical (unpaired) electrons. The number of anilines is 1. The summed E-state index contributed by atoms with van der Waals surface area (Å²) in [6.07, 6.45) is 2.01. The Kier molecular flexibility index (Phi) is 6.45. The van der Waals surface area contributed by atoms with Gasteiger partial charge in [0.15, 0.2) is 22.8 Å². The topological polar surface area (TPSA) is 100 Å². The average Bonchev–Trinajstić information content (AvgIpc) is 3.47. The van der Waals surface area contributed by atoms with Crippen LogP contribution in [0.4, 0.5) is 5.82 Å². The molecule has 182 valence electrons. The molecule has 1 fully saturated rings. The predicted octanol–water partition coefficient (Wildman–Crippen LogP) is 2.86. The van der Waals surface area contributed by atoms with Gasteiger partial charge in [0, 0.05) is 44.0 Å². The Morgan fingerprint density at radius 1 is 1.09 bits per heavy atom. The standard InChI is InChI=1S/C25H29N7O3/c1-4-32-20(16-21(33)35-5-2)26-22-24(31-11-13-34-14-12-31)27-23(28-25(22)32)18-8-6-7-17(15-18)19-9-10-30(3)29-19/h6-10,15H,4-5,11-14,16H2,1-3H3. The molecule has 4 heterocycles. The van der Waals surface area contributed by atoms with E-state index in [1.807, 2.05) is 49.0 Å². The molecular weight excluding hydrogens is 446 g/mol. The first-order chi connectivity index (χ1) is 17.1. The number of fused-ring (bicyclic) bond motifs is 1. The molecule has 1 aliphatic heterocycles. The van der Waals surface area contributed by atoms with E-state index < -0.39 is 0 Å². The van der Waals surface area contributed by atoms with Gasteiger partial charge >= 0.3 is 5.97 Å². The van der Waals surface area contributed by atoms with E-state index in [0.29, 0.717) is 62.3 Å². The Hall–Kier alpha value is -3.79. The number of carbonyl (C=O) groups excluding carboxylic acids is 1. The Morgan fingerprint density at radius 3 is 2.60 bits per heavy atom. The number of hydrogen-bond donors (Lipinski definition) is 0. The van der Waals surface area contributed by atoms with Crippen LogP contribution in [0.5, 0.6) is 0 Å². The summed E-state index contributed by atoms with van der Waals surface area (Å²) in [6, 6.07) is 10.1. The van der Waals surface area contributed by atoms with Gasteiger partial charge in [0.25, 0.3) is 0 Å². The second kappa shape index (κ2) is 9.83. The highest BCUT2D eigenvalue weighted by Crippen LogP contribution is 2.30. The van der Waals surface area contributed by atoms with Crippen molar-refractivity contribution in [3.8, 4) is 22.6 Å². The molecule has 0 amide bonds. The molecule has 5 rings (SSSR count). The maximum absolute atomic E-state index is 12.3. The minimum atomic E-state index is -0.304. The lowest BCUT2D eigenvalue weighted by molar-refractivity contribution is -0.142. The van der Waals surface area contributed by atoms with Gasteiger partial charge in [-0.25, -0.2) is 15.0 Å². The molecule has 0 aliphatic carbocycles. The zero-order chi connectivity index (χ0) is 24.4. The van der Waals surface area contributed by atoms with Crippen LogP contribution in [-0.4, -0.2) is 68.2 Å². The summed E-state index contributed by atoms with van der Waals surface area (Å²) >= 11 is 0. The number of morpholine rings is 1. The van der Waals surface area contributed by atoms with E-state index in [2.05, 4.69) is 16.1 Å². The number of hydrogen-bond acceptors (Lipinski definition) is 8.